The molecule has 0 saturated carbocycles. The summed E-state index contributed by atoms with van der Waals surface area (Å²) in [4.78, 5) is 16.1. The van der Waals surface area contributed by atoms with Crippen molar-refractivity contribution in [1.29, 1.82) is 0 Å². The number of pyridine rings is 1. The summed E-state index contributed by atoms with van der Waals surface area (Å²) in [5.41, 5.74) is 1.41. The van der Waals surface area contributed by atoms with Crippen LogP contribution in [-0.4, -0.2) is 24.6 Å². The Labute approximate surface area is 186 Å². The molecule has 1 heterocycles. The highest BCUT2D eigenvalue weighted by molar-refractivity contribution is 5.91. The van der Waals surface area contributed by atoms with Crippen molar-refractivity contribution in [3.05, 3.63) is 83.9 Å². The first-order valence-electron chi connectivity index (χ1n) is 10.2. The lowest BCUT2D eigenvalue weighted by Crippen LogP contribution is -2.20. The Morgan fingerprint density at radius 3 is 2.69 bits per heavy atom. The first kappa shape index (κ1) is 22.8. The summed E-state index contributed by atoms with van der Waals surface area (Å²) in [7, 11) is 1.57. The number of carbonyl (C=O) groups is 1. The number of nitrogens with zero attached hydrogens (tertiary/aromatic N) is 1. The van der Waals surface area contributed by atoms with Crippen LogP contribution in [0, 0.1) is 5.82 Å². The fourth-order valence-corrected chi connectivity index (χ4v) is 2.81. The highest BCUT2D eigenvalue weighted by Gasteiger charge is 2.08. The molecule has 0 aliphatic carbocycles. The third-order valence-electron chi connectivity index (χ3n) is 4.40. The average Bonchev–Trinajstić information content (AvgIpc) is 2.82. The third kappa shape index (κ3) is 6.57. The van der Waals surface area contributed by atoms with Crippen LogP contribution in [0.3, 0.4) is 0 Å². The summed E-state index contributed by atoms with van der Waals surface area (Å²) < 4.78 is 30.8. The number of carbonyl (C=O) groups excluding carboxylic acids is 1. The molecule has 0 spiro atoms. The summed E-state index contributed by atoms with van der Waals surface area (Å²) in [6, 6.07) is 13.4. The molecule has 3 aromatic rings. The van der Waals surface area contributed by atoms with E-state index in [9.17, 15) is 9.18 Å². The Hall–Kier alpha value is -3.87. The van der Waals surface area contributed by atoms with E-state index >= 15 is 0 Å². The van der Waals surface area contributed by atoms with Crippen LogP contribution < -0.4 is 19.5 Å². The molecule has 0 radical (unpaired) electrons. The van der Waals surface area contributed by atoms with Gasteiger partial charge in [-0.15, -0.1) is 0 Å². The molecule has 1 amide bonds. The number of methoxy groups -OCH3 is 1. The Balaban J connectivity index is 1.55. The number of rotatable bonds is 10. The maximum atomic E-state index is 14.3. The van der Waals surface area contributed by atoms with Gasteiger partial charge >= 0.3 is 0 Å². The van der Waals surface area contributed by atoms with Crippen molar-refractivity contribution < 1.29 is 23.4 Å². The van der Waals surface area contributed by atoms with Crippen LogP contribution in [0.4, 0.5) is 4.39 Å². The van der Waals surface area contributed by atoms with Gasteiger partial charge in [0.15, 0.2) is 23.1 Å². The average molecular weight is 436 g/mol. The number of hydrogen-bond acceptors (Lipinski definition) is 5. The van der Waals surface area contributed by atoms with Crippen LogP contribution in [0.2, 0.25) is 0 Å². The van der Waals surface area contributed by atoms with Gasteiger partial charge in [0.25, 0.3) is 0 Å². The van der Waals surface area contributed by atoms with E-state index < -0.39 is 5.82 Å². The van der Waals surface area contributed by atoms with Crippen LogP contribution in [0.15, 0.2) is 67.0 Å². The van der Waals surface area contributed by atoms with Crippen LogP contribution in [-0.2, 0) is 11.3 Å². The van der Waals surface area contributed by atoms with E-state index in [1.807, 2.05) is 19.1 Å². The van der Waals surface area contributed by atoms with Crippen LogP contribution in [0.5, 0.6) is 23.0 Å². The number of halogens is 1. The van der Waals surface area contributed by atoms with Gasteiger partial charge in [-0.1, -0.05) is 19.1 Å². The fraction of sp³-hybridized carbons (Fsp3) is 0.200. The monoisotopic (exact) mass is 436 g/mol. The molecule has 32 heavy (non-hydrogen) atoms. The number of nitrogens with one attached hydrogen (secondary N) is 1. The summed E-state index contributed by atoms with van der Waals surface area (Å²) in [6.45, 7) is 2.81. The first-order chi connectivity index (χ1) is 15.6. The fourth-order valence-electron chi connectivity index (χ4n) is 2.81. The molecule has 6 nitrogen and oxygen atoms in total. The van der Waals surface area contributed by atoms with Crippen molar-refractivity contribution in [3.8, 4) is 23.0 Å². The molecule has 0 aliphatic heterocycles. The van der Waals surface area contributed by atoms with Crippen molar-refractivity contribution in [2.75, 3.05) is 13.7 Å². The van der Waals surface area contributed by atoms with E-state index in [1.54, 1.807) is 43.6 Å². The standard InChI is InChI=1S/C25H25FN2O4/c1-3-13-31-23-10-6-18(15-24(23)30-2)8-11-25(29)28-16-19-7-9-22(21(26)14-19)32-20-5-4-12-27-17-20/h4-12,14-15,17H,3,13,16H2,1-2H3,(H,28,29). The topological polar surface area (TPSA) is 69.7 Å². The molecule has 0 atom stereocenters. The summed E-state index contributed by atoms with van der Waals surface area (Å²) in [5, 5.41) is 2.73. The number of benzene rings is 2. The maximum Gasteiger partial charge on any atom is 0.244 e. The Kier molecular flexibility index (Phi) is 8.20. The summed E-state index contributed by atoms with van der Waals surface area (Å²) in [6.07, 6.45) is 7.10. The molecule has 7 heteroatoms. The van der Waals surface area contributed by atoms with Gasteiger partial charge in [0, 0.05) is 18.8 Å². The van der Waals surface area contributed by atoms with Gasteiger partial charge in [0.1, 0.15) is 5.75 Å². The highest BCUT2D eigenvalue weighted by Crippen LogP contribution is 2.28. The summed E-state index contributed by atoms with van der Waals surface area (Å²) in [5.74, 6) is 0.978. The molecular weight excluding hydrogens is 411 g/mol. The lowest BCUT2D eigenvalue weighted by molar-refractivity contribution is -0.116. The lowest BCUT2D eigenvalue weighted by Gasteiger charge is -2.10. The van der Waals surface area contributed by atoms with Gasteiger partial charge in [0.2, 0.25) is 5.91 Å². The second kappa shape index (κ2) is 11.5. The minimum Gasteiger partial charge on any atom is -0.493 e. The van der Waals surface area contributed by atoms with E-state index in [2.05, 4.69) is 10.3 Å². The molecule has 1 aromatic heterocycles. The predicted molar refractivity (Wildman–Crippen MR) is 120 cm³/mol. The van der Waals surface area contributed by atoms with E-state index in [1.165, 1.54) is 24.4 Å². The minimum absolute atomic E-state index is 0.0910. The molecule has 0 saturated heterocycles. The molecule has 166 valence electrons. The second-order valence-electron chi connectivity index (χ2n) is 6.87. The van der Waals surface area contributed by atoms with Crippen molar-refractivity contribution in [2.45, 2.75) is 19.9 Å². The van der Waals surface area contributed by atoms with Gasteiger partial charge in [-0.3, -0.25) is 9.78 Å². The van der Waals surface area contributed by atoms with E-state index in [-0.39, 0.29) is 18.2 Å². The van der Waals surface area contributed by atoms with Gasteiger partial charge in [-0.25, -0.2) is 4.39 Å². The summed E-state index contributed by atoms with van der Waals surface area (Å²) >= 11 is 0. The highest BCUT2D eigenvalue weighted by atomic mass is 19.1. The predicted octanol–water partition coefficient (Wildman–Crippen LogP) is 5.14. The second-order valence-corrected chi connectivity index (χ2v) is 6.87. The largest absolute Gasteiger partial charge is 0.493 e. The smallest absolute Gasteiger partial charge is 0.244 e. The number of ether oxygens (including phenoxy) is 3. The van der Waals surface area contributed by atoms with Crippen molar-refractivity contribution in [1.82, 2.24) is 10.3 Å². The normalized spacial score (nSPS) is 10.7. The zero-order valence-electron chi connectivity index (χ0n) is 18.0. The quantitative estimate of drug-likeness (QED) is 0.446. The molecule has 3 rings (SSSR count). The lowest BCUT2D eigenvalue weighted by atomic mass is 10.2. The van der Waals surface area contributed by atoms with Gasteiger partial charge in [-0.05, 0) is 60.0 Å². The Morgan fingerprint density at radius 2 is 1.97 bits per heavy atom. The Bertz CT molecular complexity index is 1070. The zero-order valence-corrected chi connectivity index (χ0v) is 18.0. The third-order valence-corrected chi connectivity index (χ3v) is 4.40. The van der Waals surface area contributed by atoms with Crippen molar-refractivity contribution >= 4 is 12.0 Å². The number of aromatic nitrogens is 1. The number of amides is 1. The first-order valence-corrected chi connectivity index (χ1v) is 10.2. The van der Waals surface area contributed by atoms with Crippen molar-refractivity contribution in [2.24, 2.45) is 0 Å². The van der Waals surface area contributed by atoms with Gasteiger partial charge in [-0.2, -0.15) is 0 Å². The Morgan fingerprint density at radius 1 is 1.12 bits per heavy atom. The zero-order chi connectivity index (χ0) is 22.8. The molecule has 2 aromatic carbocycles. The molecule has 0 bridgehead atoms. The van der Waals surface area contributed by atoms with E-state index in [0.717, 1.165) is 12.0 Å². The van der Waals surface area contributed by atoms with Crippen molar-refractivity contribution in [3.63, 3.8) is 0 Å². The van der Waals surface area contributed by atoms with Gasteiger partial charge < -0.3 is 19.5 Å². The molecule has 1 N–H and O–H groups in total. The molecule has 0 unspecified atom stereocenters. The van der Waals surface area contributed by atoms with Crippen LogP contribution in [0.1, 0.15) is 24.5 Å². The van der Waals surface area contributed by atoms with Crippen LogP contribution in [0.25, 0.3) is 6.08 Å². The molecular formula is C25H25FN2O4. The minimum atomic E-state index is -0.520. The van der Waals surface area contributed by atoms with E-state index in [0.29, 0.717) is 29.4 Å². The molecule has 0 fully saturated rings. The van der Waals surface area contributed by atoms with Gasteiger partial charge in [0.05, 0.1) is 19.9 Å². The SMILES string of the molecule is CCCOc1ccc(C=CC(=O)NCc2ccc(Oc3cccnc3)c(F)c2)cc1OC. The molecule has 0 aliphatic rings. The number of hydrogen-bond donors (Lipinski definition) is 1. The van der Waals surface area contributed by atoms with Crippen LogP contribution >= 0.6 is 0 Å². The maximum absolute atomic E-state index is 14.3. The van der Waals surface area contributed by atoms with E-state index in [4.69, 9.17) is 14.2 Å².